The molecule has 0 radical (unpaired) electrons. The molecule has 3 aromatic carbocycles. The van der Waals surface area contributed by atoms with Gasteiger partial charge in [-0.2, -0.15) is 0 Å². The lowest BCUT2D eigenvalue weighted by atomic mass is 10.0. The first-order valence-electron chi connectivity index (χ1n) is 7.88. The third-order valence-electron chi connectivity index (χ3n) is 4.18. The molecule has 0 atom stereocenters. The van der Waals surface area contributed by atoms with E-state index in [0.29, 0.717) is 11.3 Å². The van der Waals surface area contributed by atoms with E-state index in [-0.39, 0.29) is 17.2 Å². The molecule has 0 saturated carbocycles. The molecule has 1 heterocycles. The fourth-order valence-corrected chi connectivity index (χ4v) is 2.90. The van der Waals surface area contributed by atoms with E-state index < -0.39 is 0 Å². The van der Waals surface area contributed by atoms with Crippen molar-refractivity contribution in [2.45, 2.75) is 6.92 Å². The number of phenolic OH excluding ortho intramolecular Hbond substituents is 1. The van der Waals surface area contributed by atoms with Crippen molar-refractivity contribution < 1.29 is 9.90 Å². The summed E-state index contributed by atoms with van der Waals surface area (Å²) in [6.45, 7) is 1.86. The molecular formula is C20H15N3O2. The van der Waals surface area contributed by atoms with Crippen LogP contribution in [-0.2, 0) is 0 Å². The van der Waals surface area contributed by atoms with E-state index in [1.807, 2.05) is 49.4 Å². The maximum Gasteiger partial charge on any atom is 0.214 e. The summed E-state index contributed by atoms with van der Waals surface area (Å²) in [5.74, 6) is -0.111. The molecule has 0 aliphatic carbocycles. The van der Waals surface area contributed by atoms with Crippen molar-refractivity contribution in [3.63, 3.8) is 0 Å². The summed E-state index contributed by atoms with van der Waals surface area (Å²) in [6.07, 6.45) is 1.54. The zero-order valence-electron chi connectivity index (χ0n) is 13.5. The Kier molecular flexibility index (Phi) is 3.54. The minimum Gasteiger partial charge on any atom is -0.506 e. The predicted molar refractivity (Wildman–Crippen MR) is 95.1 cm³/mol. The molecule has 0 aliphatic heterocycles. The van der Waals surface area contributed by atoms with Gasteiger partial charge < -0.3 is 5.11 Å². The number of rotatable bonds is 3. The van der Waals surface area contributed by atoms with Gasteiger partial charge in [-0.05, 0) is 35.4 Å². The number of carbonyl (C=O) groups excluding carboxylic acids is 1. The summed E-state index contributed by atoms with van der Waals surface area (Å²) in [4.78, 5) is 12.7. The minimum absolute atomic E-state index is 0.0922. The SMILES string of the molecule is Cc1cccc(O)c1-n1cc(C(=O)c2ccc3ccccc3c2)nn1. The number of para-hydroxylation sites is 1. The van der Waals surface area contributed by atoms with Crippen molar-refractivity contribution in [2.75, 3.05) is 0 Å². The molecule has 25 heavy (non-hydrogen) atoms. The van der Waals surface area contributed by atoms with Gasteiger partial charge in [0.2, 0.25) is 5.78 Å². The van der Waals surface area contributed by atoms with Crippen LogP contribution in [0.1, 0.15) is 21.6 Å². The zero-order chi connectivity index (χ0) is 17.4. The van der Waals surface area contributed by atoms with Gasteiger partial charge in [0, 0.05) is 5.56 Å². The molecule has 0 aliphatic rings. The summed E-state index contributed by atoms with van der Waals surface area (Å²) >= 11 is 0. The highest BCUT2D eigenvalue weighted by atomic mass is 16.3. The molecular weight excluding hydrogens is 314 g/mol. The van der Waals surface area contributed by atoms with Crippen LogP contribution in [0, 0.1) is 6.92 Å². The fourth-order valence-electron chi connectivity index (χ4n) is 2.90. The first kappa shape index (κ1) is 15.1. The highest BCUT2D eigenvalue weighted by Crippen LogP contribution is 2.24. The summed E-state index contributed by atoms with van der Waals surface area (Å²) in [7, 11) is 0. The van der Waals surface area contributed by atoms with Crippen molar-refractivity contribution in [3.8, 4) is 11.4 Å². The number of aromatic nitrogens is 3. The van der Waals surface area contributed by atoms with Crippen LogP contribution in [0.5, 0.6) is 5.75 Å². The highest BCUT2D eigenvalue weighted by molar-refractivity contribution is 6.09. The Morgan fingerprint density at radius 1 is 1.00 bits per heavy atom. The van der Waals surface area contributed by atoms with E-state index in [9.17, 15) is 9.90 Å². The minimum atomic E-state index is -0.204. The summed E-state index contributed by atoms with van der Waals surface area (Å²) in [5.41, 5.74) is 2.15. The quantitative estimate of drug-likeness (QED) is 0.582. The number of hydrogen-bond acceptors (Lipinski definition) is 4. The average molecular weight is 329 g/mol. The summed E-state index contributed by atoms with van der Waals surface area (Å²) < 4.78 is 1.43. The molecule has 4 aromatic rings. The van der Waals surface area contributed by atoms with Crippen molar-refractivity contribution in [3.05, 3.63) is 83.7 Å². The van der Waals surface area contributed by atoms with Gasteiger partial charge in [0.25, 0.3) is 0 Å². The maximum absolute atomic E-state index is 12.7. The van der Waals surface area contributed by atoms with Crippen LogP contribution in [-0.4, -0.2) is 25.9 Å². The van der Waals surface area contributed by atoms with Gasteiger partial charge >= 0.3 is 0 Å². The number of fused-ring (bicyclic) bond motifs is 1. The first-order chi connectivity index (χ1) is 12.1. The van der Waals surface area contributed by atoms with Crippen molar-refractivity contribution in [2.24, 2.45) is 0 Å². The zero-order valence-corrected chi connectivity index (χ0v) is 13.5. The lowest BCUT2D eigenvalue weighted by molar-refractivity contribution is 0.103. The topological polar surface area (TPSA) is 68.0 Å². The van der Waals surface area contributed by atoms with Gasteiger partial charge in [-0.25, -0.2) is 4.68 Å². The van der Waals surface area contributed by atoms with Gasteiger partial charge in [-0.1, -0.05) is 53.7 Å². The van der Waals surface area contributed by atoms with E-state index >= 15 is 0 Å². The Morgan fingerprint density at radius 2 is 1.80 bits per heavy atom. The van der Waals surface area contributed by atoms with Crippen LogP contribution in [0.4, 0.5) is 0 Å². The maximum atomic E-state index is 12.7. The average Bonchev–Trinajstić information content (AvgIpc) is 3.10. The molecule has 0 fully saturated rings. The Morgan fingerprint density at radius 3 is 2.60 bits per heavy atom. The smallest absolute Gasteiger partial charge is 0.214 e. The molecule has 122 valence electrons. The van der Waals surface area contributed by atoms with E-state index in [1.165, 1.54) is 4.68 Å². The predicted octanol–water partition coefficient (Wildman–Crippen LogP) is 3.67. The monoisotopic (exact) mass is 329 g/mol. The van der Waals surface area contributed by atoms with Crippen LogP contribution >= 0.6 is 0 Å². The molecule has 0 unspecified atom stereocenters. The van der Waals surface area contributed by atoms with Gasteiger partial charge in [0.1, 0.15) is 11.4 Å². The van der Waals surface area contributed by atoms with E-state index in [2.05, 4.69) is 10.3 Å². The molecule has 0 saturated heterocycles. The normalized spacial score (nSPS) is 10.9. The van der Waals surface area contributed by atoms with Crippen LogP contribution < -0.4 is 0 Å². The number of aromatic hydroxyl groups is 1. The van der Waals surface area contributed by atoms with Crippen LogP contribution in [0.3, 0.4) is 0 Å². The molecule has 5 nitrogen and oxygen atoms in total. The van der Waals surface area contributed by atoms with E-state index in [4.69, 9.17) is 0 Å². The van der Waals surface area contributed by atoms with Gasteiger partial charge in [-0.15, -0.1) is 5.10 Å². The second kappa shape index (κ2) is 5.87. The van der Waals surface area contributed by atoms with Crippen LogP contribution in [0.2, 0.25) is 0 Å². The molecule has 0 bridgehead atoms. The fraction of sp³-hybridized carbons (Fsp3) is 0.0500. The van der Waals surface area contributed by atoms with Crippen molar-refractivity contribution in [1.29, 1.82) is 0 Å². The summed E-state index contributed by atoms with van der Waals surface area (Å²) in [5, 5.41) is 20.1. The number of hydrogen-bond donors (Lipinski definition) is 1. The third-order valence-corrected chi connectivity index (χ3v) is 4.18. The highest BCUT2D eigenvalue weighted by Gasteiger charge is 2.16. The lowest BCUT2D eigenvalue weighted by Gasteiger charge is -2.06. The number of phenols is 1. The molecule has 4 rings (SSSR count). The first-order valence-corrected chi connectivity index (χ1v) is 7.88. The lowest BCUT2D eigenvalue weighted by Crippen LogP contribution is -2.02. The molecule has 5 heteroatoms. The number of nitrogens with zero attached hydrogens (tertiary/aromatic N) is 3. The largest absolute Gasteiger partial charge is 0.506 e. The standard InChI is InChI=1S/C20H15N3O2/c1-13-5-4-8-18(24)19(13)23-12-17(21-22-23)20(25)16-10-9-14-6-2-3-7-15(14)11-16/h2-12,24H,1H3. The van der Waals surface area contributed by atoms with Crippen molar-refractivity contribution in [1.82, 2.24) is 15.0 Å². The number of aryl methyl sites for hydroxylation is 1. The van der Waals surface area contributed by atoms with E-state index in [0.717, 1.165) is 16.3 Å². The molecule has 1 aromatic heterocycles. The van der Waals surface area contributed by atoms with Crippen molar-refractivity contribution >= 4 is 16.6 Å². The second-order valence-electron chi connectivity index (χ2n) is 5.88. The van der Waals surface area contributed by atoms with Crippen LogP contribution in [0.15, 0.2) is 66.9 Å². The number of carbonyl (C=O) groups is 1. The number of ketones is 1. The van der Waals surface area contributed by atoms with Gasteiger partial charge in [0.05, 0.1) is 6.20 Å². The molecule has 0 amide bonds. The Hall–Kier alpha value is -3.47. The Bertz CT molecular complexity index is 1080. The molecule has 0 spiro atoms. The van der Waals surface area contributed by atoms with Gasteiger partial charge in [-0.3, -0.25) is 4.79 Å². The third kappa shape index (κ3) is 2.65. The Balaban J connectivity index is 1.72. The second-order valence-corrected chi connectivity index (χ2v) is 5.88. The van der Waals surface area contributed by atoms with Crippen LogP contribution in [0.25, 0.3) is 16.5 Å². The summed E-state index contributed by atoms with van der Waals surface area (Å²) in [6, 6.07) is 18.6. The van der Waals surface area contributed by atoms with Gasteiger partial charge in [0.15, 0.2) is 5.69 Å². The number of benzene rings is 3. The Labute approximate surface area is 144 Å². The van der Waals surface area contributed by atoms with E-state index in [1.54, 1.807) is 24.4 Å². The molecule has 1 N–H and O–H groups in total.